The number of ether oxygens (including phenoxy) is 2. The molecule has 1 amide bonds. The van der Waals surface area contributed by atoms with E-state index in [-0.39, 0.29) is 24.2 Å². The highest BCUT2D eigenvalue weighted by Crippen LogP contribution is 2.23. The van der Waals surface area contributed by atoms with Crippen LogP contribution in [0.25, 0.3) is 0 Å². The molecule has 3 atom stereocenters. The van der Waals surface area contributed by atoms with Crippen LogP contribution in [-0.2, 0) is 9.59 Å². The zero-order chi connectivity index (χ0) is 34.8. The van der Waals surface area contributed by atoms with Crippen LogP contribution >= 0.6 is 0 Å². The number of hydrogen-bond donors (Lipinski definition) is 4. The van der Waals surface area contributed by atoms with E-state index in [1.54, 1.807) is 31.4 Å². The highest BCUT2D eigenvalue weighted by atomic mass is 19.4. The summed E-state index contributed by atoms with van der Waals surface area (Å²) in [6.45, 7) is 4.54. The number of unbranched alkanes of at least 4 members (excludes halogenated alkanes) is 4. The molecule has 1 aliphatic rings. The van der Waals surface area contributed by atoms with Gasteiger partial charge in [-0.15, -0.1) is 0 Å². The molecule has 4 N–H and O–H groups in total. The lowest BCUT2D eigenvalue weighted by Gasteiger charge is -2.29. The molecule has 47 heavy (non-hydrogen) atoms. The van der Waals surface area contributed by atoms with Crippen molar-refractivity contribution >= 4 is 17.7 Å². The van der Waals surface area contributed by atoms with Gasteiger partial charge in [-0.05, 0) is 67.6 Å². The predicted molar refractivity (Wildman–Crippen MR) is 170 cm³/mol. The maximum atomic E-state index is 12.9. The minimum atomic E-state index is -5.08. The van der Waals surface area contributed by atoms with Gasteiger partial charge >= 0.3 is 12.1 Å². The van der Waals surface area contributed by atoms with E-state index in [1.807, 2.05) is 24.3 Å². The molecular formula is C34H47F3N2O8. The Morgan fingerprint density at radius 1 is 0.957 bits per heavy atom. The van der Waals surface area contributed by atoms with E-state index in [0.29, 0.717) is 62.3 Å². The molecule has 1 heterocycles. The van der Waals surface area contributed by atoms with Crippen molar-refractivity contribution < 1.29 is 52.3 Å². The van der Waals surface area contributed by atoms with Crippen LogP contribution in [0.5, 0.6) is 11.5 Å². The Hall–Kier alpha value is -3.68. The van der Waals surface area contributed by atoms with Gasteiger partial charge in [0.2, 0.25) is 5.91 Å². The summed E-state index contributed by atoms with van der Waals surface area (Å²) in [5.74, 6) is -1.41. The number of methoxy groups -OCH3 is 1. The number of aliphatic hydroxyl groups excluding tert-OH is 2. The number of nitrogens with one attached hydrogen (secondary N) is 1. The smallest absolute Gasteiger partial charge is 0.490 e. The van der Waals surface area contributed by atoms with E-state index in [0.717, 1.165) is 25.1 Å². The fourth-order valence-electron chi connectivity index (χ4n) is 4.96. The van der Waals surface area contributed by atoms with Crippen molar-refractivity contribution in [3.8, 4) is 11.5 Å². The van der Waals surface area contributed by atoms with Gasteiger partial charge in [-0.3, -0.25) is 14.5 Å². The number of carbonyl (C=O) groups is 3. The first-order chi connectivity index (χ1) is 22.3. The van der Waals surface area contributed by atoms with E-state index in [2.05, 4.69) is 17.1 Å². The van der Waals surface area contributed by atoms with Crippen LogP contribution in [0.15, 0.2) is 48.5 Å². The van der Waals surface area contributed by atoms with Crippen molar-refractivity contribution in [1.29, 1.82) is 0 Å². The number of rotatable bonds is 18. The second kappa shape index (κ2) is 20.5. The number of carboxylic acid groups (broad SMARTS) is 1. The Bertz CT molecular complexity index is 1230. The third-order valence-electron chi connectivity index (χ3n) is 7.63. The number of benzene rings is 2. The Balaban J connectivity index is 0.000000984. The van der Waals surface area contributed by atoms with Crippen LogP contribution in [0.3, 0.4) is 0 Å². The number of nitrogens with zero attached hydrogens (tertiary/aromatic N) is 1. The average Bonchev–Trinajstić information content (AvgIpc) is 3.46. The molecule has 0 saturated carbocycles. The highest BCUT2D eigenvalue weighted by molar-refractivity contribution is 5.96. The number of aliphatic carboxylic acids is 1. The monoisotopic (exact) mass is 668 g/mol. The normalized spacial score (nSPS) is 16.0. The fourth-order valence-corrected chi connectivity index (χ4v) is 4.96. The van der Waals surface area contributed by atoms with Gasteiger partial charge in [0.15, 0.2) is 5.78 Å². The minimum absolute atomic E-state index is 0.0392. The van der Waals surface area contributed by atoms with E-state index >= 15 is 0 Å². The average molecular weight is 669 g/mol. The molecule has 0 bridgehead atoms. The lowest BCUT2D eigenvalue weighted by atomic mass is 10.0. The van der Waals surface area contributed by atoms with E-state index in [4.69, 9.17) is 19.4 Å². The summed E-state index contributed by atoms with van der Waals surface area (Å²) in [5.41, 5.74) is 1.34. The van der Waals surface area contributed by atoms with E-state index in [1.165, 1.54) is 12.8 Å². The summed E-state index contributed by atoms with van der Waals surface area (Å²) in [4.78, 5) is 36.3. The van der Waals surface area contributed by atoms with E-state index in [9.17, 15) is 33.0 Å². The third kappa shape index (κ3) is 15.2. The van der Waals surface area contributed by atoms with Crippen molar-refractivity contribution in [2.75, 3.05) is 33.4 Å². The number of Topliss-reactive ketones (excluding diaryl/α,β-unsaturated/α-hetero) is 1. The molecule has 0 aliphatic carbocycles. The number of alkyl halides is 3. The topological polar surface area (TPSA) is 146 Å². The third-order valence-corrected chi connectivity index (χ3v) is 7.63. The molecular weight excluding hydrogens is 621 g/mol. The summed E-state index contributed by atoms with van der Waals surface area (Å²) in [6, 6.07) is 13.9. The van der Waals surface area contributed by atoms with Gasteiger partial charge in [-0.2, -0.15) is 13.2 Å². The number of β-amino-alcohol motifs (C(OH)–C–C–N with tert-alkyl or cyclic N) is 1. The molecule has 0 radical (unpaired) electrons. The second-order valence-electron chi connectivity index (χ2n) is 11.5. The Morgan fingerprint density at radius 3 is 2.13 bits per heavy atom. The molecule has 0 unspecified atom stereocenters. The van der Waals surface area contributed by atoms with Crippen LogP contribution in [-0.4, -0.2) is 89.6 Å². The van der Waals surface area contributed by atoms with Gasteiger partial charge in [-0.25, -0.2) is 4.79 Å². The summed E-state index contributed by atoms with van der Waals surface area (Å²) in [6.07, 6.45) is 0.681. The molecule has 10 nitrogen and oxygen atoms in total. The molecule has 3 rings (SSSR count). The first kappa shape index (κ1) is 39.5. The molecule has 0 spiro atoms. The molecule has 1 fully saturated rings. The molecule has 13 heteroatoms. The molecule has 2 aromatic carbocycles. The van der Waals surface area contributed by atoms with Crippen molar-refractivity contribution in [3.63, 3.8) is 0 Å². The first-order valence-corrected chi connectivity index (χ1v) is 15.9. The van der Waals surface area contributed by atoms with Gasteiger partial charge in [0.1, 0.15) is 17.6 Å². The van der Waals surface area contributed by atoms with Gasteiger partial charge in [-0.1, -0.05) is 38.3 Å². The van der Waals surface area contributed by atoms with Gasteiger partial charge in [0, 0.05) is 38.0 Å². The minimum Gasteiger partial charge on any atom is -0.497 e. The quantitative estimate of drug-likeness (QED) is 0.123. The largest absolute Gasteiger partial charge is 0.497 e. The Morgan fingerprint density at radius 2 is 1.57 bits per heavy atom. The van der Waals surface area contributed by atoms with E-state index < -0.39 is 24.3 Å². The van der Waals surface area contributed by atoms with Gasteiger partial charge in [0.25, 0.3) is 0 Å². The second-order valence-corrected chi connectivity index (χ2v) is 11.5. The van der Waals surface area contributed by atoms with Gasteiger partial charge in [0.05, 0.1) is 25.9 Å². The van der Waals surface area contributed by atoms with Crippen molar-refractivity contribution in [3.05, 3.63) is 59.7 Å². The number of carboxylic acids is 1. The predicted octanol–water partition coefficient (Wildman–Crippen LogP) is 5.32. The van der Waals surface area contributed by atoms with Crippen LogP contribution in [0.2, 0.25) is 0 Å². The van der Waals surface area contributed by atoms with Gasteiger partial charge < -0.3 is 30.1 Å². The summed E-state index contributed by atoms with van der Waals surface area (Å²) < 4.78 is 42.7. The Labute approximate surface area is 273 Å². The maximum Gasteiger partial charge on any atom is 0.490 e. The molecule has 2 aromatic rings. The summed E-state index contributed by atoms with van der Waals surface area (Å²) in [5, 5.41) is 31.3. The zero-order valence-electron chi connectivity index (χ0n) is 27.0. The lowest BCUT2D eigenvalue weighted by molar-refractivity contribution is -0.192. The van der Waals surface area contributed by atoms with Crippen LogP contribution in [0.1, 0.15) is 86.7 Å². The molecule has 262 valence electrons. The number of likely N-dealkylation sites (tertiary alicyclic amines) is 1. The summed E-state index contributed by atoms with van der Waals surface area (Å²) in [7, 11) is 1.59. The zero-order valence-corrected chi connectivity index (χ0v) is 27.0. The summed E-state index contributed by atoms with van der Waals surface area (Å²) >= 11 is 0. The highest BCUT2D eigenvalue weighted by Gasteiger charge is 2.38. The first-order valence-electron chi connectivity index (χ1n) is 15.9. The Kier molecular flexibility index (Phi) is 17.3. The lowest BCUT2D eigenvalue weighted by Crippen LogP contribution is -2.47. The van der Waals surface area contributed by atoms with Crippen molar-refractivity contribution in [1.82, 2.24) is 10.2 Å². The van der Waals surface area contributed by atoms with Crippen LogP contribution < -0.4 is 14.8 Å². The molecule has 1 aliphatic heterocycles. The van der Waals surface area contributed by atoms with Crippen molar-refractivity contribution in [2.45, 2.75) is 89.1 Å². The van der Waals surface area contributed by atoms with Crippen molar-refractivity contribution in [2.24, 2.45) is 0 Å². The number of amides is 1. The number of halogens is 3. The number of ketones is 1. The fraction of sp³-hybridized carbons (Fsp3) is 0.559. The number of hydrogen-bond acceptors (Lipinski definition) is 8. The molecule has 1 saturated heterocycles. The number of carbonyl (C=O) groups excluding carboxylic acids is 2. The maximum absolute atomic E-state index is 12.9. The SMILES string of the molecule is CCCCCCOc1ccc([C@@H](O)[C@@H](CN2CC[C@H](O)C2)NC(=O)CCCCC(=O)c2ccc(OC)cc2)cc1.O=C(O)C(F)(F)F. The van der Waals surface area contributed by atoms with Crippen LogP contribution in [0, 0.1) is 0 Å². The standard InChI is InChI=1S/C32H46N2O6.C2HF3O2/c1-3-4-5-8-21-40-28-17-13-25(14-18-28)32(38)29(23-34-20-19-26(35)22-34)33-31(37)10-7-6-9-30(36)24-11-15-27(39-2)16-12-24;3-2(4,5)1(6)7/h11-18,26,29,32,35,38H,3-10,19-23H2,1-2H3,(H,33,37);(H,6,7)/t26-,29+,32+;/m0./s1. The van der Waals surface area contributed by atoms with Crippen LogP contribution in [0.4, 0.5) is 13.2 Å². The molecule has 0 aromatic heterocycles. The number of aliphatic hydroxyl groups is 2.